The van der Waals surface area contributed by atoms with Crippen molar-refractivity contribution in [1.82, 2.24) is 14.8 Å². The summed E-state index contributed by atoms with van der Waals surface area (Å²) in [6.45, 7) is 2.79. The molecular weight excluding hydrogens is 280 g/mol. The molecule has 0 radical (unpaired) electrons. The molecule has 0 fully saturated rings. The van der Waals surface area contributed by atoms with Gasteiger partial charge in [0, 0.05) is 17.2 Å². The molecule has 7 heteroatoms. The Balaban J connectivity index is 2.03. The Bertz CT molecular complexity index is 635. The van der Waals surface area contributed by atoms with Gasteiger partial charge in [0.05, 0.1) is 0 Å². The molecule has 0 unspecified atom stereocenters. The summed E-state index contributed by atoms with van der Waals surface area (Å²) in [5, 5.41) is 16.0. The number of hydrogen-bond acceptors (Lipinski definition) is 5. The fourth-order valence-electron chi connectivity index (χ4n) is 1.58. The topological polar surface area (TPSA) is 74.5 Å². The highest BCUT2D eigenvalue weighted by Crippen LogP contribution is 2.24. The normalized spacial score (nSPS) is 10.5. The number of rotatable bonds is 6. The highest BCUT2D eigenvalue weighted by Gasteiger charge is 2.09. The zero-order valence-electron chi connectivity index (χ0n) is 10.5. The van der Waals surface area contributed by atoms with Gasteiger partial charge in [0.25, 0.3) is 0 Å². The van der Waals surface area contributed by atoms with E-state index < -0.39 is 0 Å². The van der Waals surface area contributed by atoms with Crippen LogP contribution in [0, 0.1) is 11.3 Å². The number of thioether (sulfide) groups is 1. The van der Waals surface area contributed by atoms with E-state index in [4.69, 9.17) is 5.26 Å². The van der Waals surface area contributed by atoms with Crippen molar-refractivity contribution in [3.05, 3.63) is 32.4 Å². The molecule has 19 heavy (non-hydrogen) atoms. The Morgan fingerprint density at radius 2 is 2.42 bits per heavy atom. The number of aromatic nitrogens is 3. The minimum atomic E-state index is -0.153. The lowest BCUT2D eigenvalue weighted by molar-refractivity contribution is 0.573. The molecule has 2 aromatic rings. The van der Waals surface area contributed by atoms with Crippen molar-refractivity contribution in [3.63, 3.8) is 0 Å². The van der Waals surface area contributed by atoms with E-state index in [1.165, 1.54) is 23.1 Å². The summed E-state index contributed by atoms with van der Waals surface area (Å²) in [5.74, 6) is 0.725. The minimum absolute atomic E-state index is 0.153. The van der Waals surface area contributed by atoms with Crippen LogP contribution < -0.4 is 5.69 Å². The van der Waals surface area contributed by atoms with Gasteiger partial charge in [0.2, 0.25) is 0 Å². The molecule has 0 saturated carbocycles. The van der Waals surface area contributed by atoms with Crippen LogP contribution in [0.25, 0.3) is 0 Å². The molecular formula is C12H14N4OS2. The lowest BCUT2D eigenvalue weighted by atomic mass is 10.3. The highest BCUT2D eigenvalue weighted by atomic mass is 32.2. The van der Waals surface area contributed by atoms with Crippen molar-refractivity contribution in [1.29, 1.82) is 5.26 Å². The Morgan fingerprint density at radius 1 is 1.58 bits per heavy atom. The van der Waals surface area contributed by atoms with Gasteiger partial charge in [-0.2, -0.15) is 5.26 Å². The molecule has 0 aromatic carbocycles. The summed E-state index contributed by atoms with van der Waals surface area (Å²) in [4.78, 5) is 13.4. The summed E-state index contributed by atoms with van der Waals surface area (Å²) in [6, 6.07) is 5.88. The number of thiophene rings is 1. The van der Waals surface area contributed by atoms with Gasteiger partial charge >= 0.3 is 5.69 Å². The summed E-state index contributed by atoms with van der Waals surface area (Å²) >= 11 is 2.99. The molecule has 1 N–H and O–H groups in total. The van der Waals surface area contributed by atoms with Gasteiger partial charge in [0.15, 0.2) is 5.16 Å². The molecule has 0 amide bonds. The number of hydrogen-bond donors (Lipinski definition) is 1. The van der Waals surface area contributed by atoms with Crippen LogP contribution in [0.4, 0.5) is 0 Å². The van der Waals surface area contributed by atoms with E-state index in [2.05, 4.69) is 23.2 Å². The largest absolute Gasteiger partial charge is 0.343 e. The van der Waals surface area contributed by atoms with Gasteiger partial charge in [-0.1, -0.05) is 25.1 Å². The predicted octanol–water partition coefficient (Wildman–Crippen LogP) is 2.60. The fourth-order valence-corrected chi connectivity index (χ4v) is 3.40. The lowest BCUT2D eigenvalue weighted by Gasteiger charge is -2.03. The van der Waals surface area contributed by atoms with Crippen molar-refractivity contribution < 1.29 is 0 Å². The molecule has 0 spiro atoms. The third kappa shape index (κ3) is 3.49. The molecule has 2 aromatic heterocycles. The zero-order chi connectivity index (χ0) is 13.7. The Kier molecular flexibility index (Phi) is 4.82. The standard InChI is InChI=1S/C12H14N4OS2/c1-2-3-6-16-11(17)14-15-12(16)18-8-10-5-4-9(7-13)19-10/h4-5H,2-3,6,8H2,1H3,(H,14,17). The van der Waals surface area contributed by atoms with Crippen LogP contribution in [0.15, 0.2) is 22.1 Å². The smallest absolute Gasteiger partial charge is 0.270 e. The average Bonchev–Trinajstić information content (AvgIpc) is 3.01. The Labute approximate surface area is 119 Å². The average molecular weight is 294 g/mol. The predicted molar refractivity (Wildman–Crippen MR) is 76.4 cm³/mol. The summed E-state index contributed by atoms with van der Waals surface area (Å²) in [5.41, 5.74) is -0.153. The van der Waals surface area contributed by atoms with Crippen molar-refractivity contribution in [2.24, 2.45) is 0 Å². The Morgan fingerprint density at radius 3 is 3.11 bits per heavy atom. The maximum atomic E-state index is 11.6. The van der Waals surface area contributed by atoms with Crippen LogP contribution in [0.1, 0.15) is 29.5 Å². The quantitative estimate of drug-likeness (QED) is 0.831. The maximum Gasteiger partial charge on any atom is 0.343 e. The fraction of sp³-hybridized carbons (Fsp3) is 0.417. The van der Waals surface area contributed by atoms with E-state index in [1.54, 1.807) is 4.57 Å². The van der Waals surface area contributed by atoms with Crippen molar-refractivity contribution in [2.75, 3.05) is 0 Å². The van der Waals surface area contributed by atoms with E-state index in [0.29, 0.717) is 16.6 Å². The highest BCUT2D eigenvalue weighted by molar-refractivity contribution is 7.98. The first-order valence-electron chi connectivity index (χ1n) is 6.01. The van der Waals surface area contributed by atoms with E-state index in [0.717, 1.165) is 23.5 Å². The first-order chi connectivity index (χ1) is 9.24. The van der Waals surface area contributed by atoms with Crippen LogP contribution in [-0.2, 0) is 12.3 Å². The third-order valence-corrected chi connectivity index (χ3v) is 4.77. The van der Waals surface area contributed by atoms with Crippen molar-refractivity contribution in [3.8, 4) is 6.07 Å². The number of nitriles is 1. The van der Waals surface area contributed by atoms with E-state index in [1.807, 2.05) is 12.1 Å². The SMILES string of the molecule is CCCCn1c(SCc2ccc(C#N)s2)n[nH]c1=O. The van der Waals surface area contributed by atoms with Crippen molar-refractivity contribution in [2.45, 2.75) is 37.2 Å². The maximum absolute atomic E-state index is 11.6. The molecule has 0 aliphatic rings. The second kappa shape index (κ2) is 6.59. The molecule has 0 aliphatic carbocycles. The van der Waals surface area contributed by atoms with Crippen molar-refractivity contribution >= 4 is 23.1 Å². The van der Waals surface area contributed by atoms with E-state index in [9.17, 15) is 4.79 Å². The third-order valence-electron chi connectivity index (χ3n) is 2.57. The van der Waals surface area contributed by atoms with Crippen LogP contribution in [-0.4, -0.2) is 14.8 Å². The van der Waals surface area contributed by atoms with Crippen LogP contribution in [0.2, 0.25) is 0 Å². The van der Waals surface area contributed by atoms with E-state index in [-0.39, 0.29) is 5.69 Å². The first-order valence-corrected chi connectivity index (χ1v) is 7.81. The molecule has 5 nitrogen and oxygen atoms in total. The minimum Gasteiger partial charge on any atom is -0.270 e. The molecule has 0 aliphatic heterocycles. The number of unbranched alkanes of at least 4 members (excludes halogenated alkanes) is 1. The van der Waals surface area contributed by atoms with Crippen LogP contribution in [0.3, 0.4) is 0 Å². The van der Waals surface area contributed by atoms with Crippen LogP contribution >= 0.6 is 23.1 Å². The second-order valence-electron chi connectivity index (χ2n) is 3.98. The second-order valence-corrected chi connectivity index (χ2v) is 6.09. The van der Waals surface area contributed by atoms with E-state index >= 15 is 0 Å². The lowest BCUT2D eigenvalue weighted by Crippen LogP contribution is -2.17. The van der Waals surface area contributed by atoms with Gasteiger partial charge in [-0.25, -0.2) is 9.89 Å². The first kappa shape index (κ1) is 13.9. The Hall–Kier alpha value is -1.52. The molecule has 0 bridgehead atoms. The molecule has 2 heterocycles. The van der Waals surface area contributed by atoms with Gasteiger partial charge < -0.3 is 0 Å². The summed E-state index contributed by atoms with van der Waals surface area (Å²) in [6.07, 6.45) is 2.00. The molecule has 0 saturated heterocycles. The van der Waals surface area contributed by atoms with Gasteiger partial charge in [-0.05, 0) is 18.6 Å². The summed E-state index contributed by atoms with van der Waals surface area (Å²) < 4.78 is 1.67. The zero-order valence-corrected chi connectivity index (χ0v) is 12.2. The van der Waals surface area contributed by atoms with Gasteiger partial charge in [-0.15, -0.1) is 16.4 Å². The van der Waals surface area contributed by atoms with Gasteiger partial charge in [-0.3, -0.25) is 4.57 Å². The number of H-pyrrole nitrogens is 1. The van der Waals surface area contributed by atoms with Gasteiger partial charge in [0.1, 0.15) is 10.9 Å². The molecule has 2 rings (SSSR count). The molecule has 100 valence electrons. The monoisotopic (exact) mass is 294 g/mol. The number of nitrogens with zero attached hydrogens (tertiary/aromatic N) is 3. The summed E-state index contributed by atoms with van der Waals surface area (Å²) in [7, 11) is 0. The molecule has 0 atom stereocenters. The van der Waals surface area contributed by atoms with Crippen LogP contribution in [0.5, 0.6) is 0 Å². The number of aromatic amines is 1. The number of nitrogens with one attached hydrogen (secondary N) is 1.